The van der Waals surface area contributed by atoms with Gasteiger partial charge in [0.05, 0.1) is 5.83 Å². The van der Waals surface area contributed by atoms with Gasteiger partial charge in [-0.15, -0.1) is 0 Å². The molecule has 3 rings (SSSR count). The second kappa shape index (κ2) is 17.3. The van der Waals surface area contributed by atoms with E-state index in [9.17, 15) is 4.39 Å². The zero-order valence-electron chi connectivity index (χ0n) is 17.8. The summed E-state index contributed by atoms with van der Waals surface area (Å²) in [5.41, 5.74) is 2.55. The van der Waals surface area contributed by atoms with Crippen LogP contribution in [0.25, 0.3) is 0 Å². The van der Waals surface area contributed by atoms with Gasteiger partial charge in [-0.3, -0.25) is 0 Å². The fraction of sp³-hybridized carbons (Fsp3) is 0.852. The van der Waals surface area contributed by atoms with Crippen LogP contribution in [0.2, 0.25) is 0 Å². The van der Waals surface area contributed by atoms with Gasteiger partial charge >= 0.3 is 0 Å². The van der Waals surface area contributed by atoms with E-state index in [1.165, 1.54) is 51.4 Å². The van der Waals surface area contributed by atoms with Crippen LogP contribution in [0, 0.1) is 23.7 Å². The van der Waals surface area contributed by atoms with Gasteiger partial charge < -0.3 is 0 Å². The Morgan fingerprint density at radius 1 is 0.679 bits per heavy atom. The van der Waals surface area contributed by atoms with Crippen molar-refractivity contribution < 1.29 is 4.39 Å². The van der Waals surface area contributed by atoms with Crippen molar-refractivity contribution in [2.45, 2.75) is 128 Å². The number of halogens is 1. The van der Waals surface area contributed by atoms with Gasteiger partial charge in [0, 0.05) is 6.42 Å². The Morgan fingerprint density at radius 3 is 1.46 bits per heavy atom. The van der Waals surface area contributed by atoms with Gasteiger partial charge in [0.2, 0.25) is 0 Å². The summed E-state index contributed by atoms with van der Waals surface area (Å²) in [5, 5.41) is 0. The summed E-state index contributed by atoms with van der Waals surface area (Å²) in [6.07, 6.45) is 15.1. The maximum absolute atomic E-state index is 12.7. The van der Waals surface area contributed by atoms with Crippen molar-refractivity contribution in [3.63, 3.8) is 0 Å². The second-order valence-corrected chi connectivity index (χ2v) is 9.33. The minimum Gasteiger partial charge on any atom is -0.212 e. The quantitative estimate of drug-likeness (QED) is 0.356. The Balaban J connectivity index is -0.000000318. The molecule has 0 amide bonds. The third-order valence-electron chi connectivity index (χ3n) is 6.21. The molecule has 0 aromatic carbocycles. The van der Waals surface area contributed by atoms with E-state index in [1.54, 1.807) is 5.57 Å². The fourth-order valence-electron chi connectivity index (χ4n) is 3.70. The Bertz CT molecular complexity index is 414. The summed E-state index contributed by atoms with van der Waals surface area (Å²) in [5.74, 6) is 3.68. The first-order valence-electron chi connectivity index (χ1n) is 10.8. The lowest BCUT2D eigenvalue weighted by molar-refractivity contribution is 0.308. The molecule has 0 aliphatic heterocycles. The van der Waals surface area contributed by atoms with Crippen molar-refractivity contribution in [2.75, 3.05) is 0 Å². The zero-order valence-corrected chi connectivity index (χ0v) is 17.8. The molecule has 0 saturated heterocycles. The molecule has 1 heteroatoms. The van der Waals surface area contributed by atoms with Crippen molar-refractivity contribution in [2.24, 2.45) is 23.7 Å². The normalized spacial score (nSPS) is 29.2. The first kappa shape index (κ1) is 32.1. The second-order valence-electron chi connectivity index (χ2n) is 9.33. The zero-order chi connectivity index (χ0) is 18.8. The topological polar surface area (TPSA) is 0 Å². The van der Waals surface area contributed by atoms with Crippen LogP contribution in [-0.2, 0) is 0 Å². The van der Waals surface area contributed by atoms with Gasteiger partial charge in [0.15, 0.2) is 0 Å². The number of hydrogen-bond donors (Lipinski definition) is 0. The molecule has 2 unspecified atom stereocenters. The molecule has 0 aromatic heterocycles. The van der Waals surface area contributed by atoms with Crippen molar-refractivity contribution >= 4 is 0 Å². The highest BCUT2D eigenvalue weighted by atomic mass is 19.1. The smallest absolute Gasteiger partial charge is 0.0991 e. The Labute approximate surface area is 179 Å². The van der Waals surface area contributed by atoms with E-state index < -0.39 is 0 Å². The van der Waals surface area contributed by atoms with Gasteiger partial charge in [-0.2, -0.15) is 0 Å². The highest BCUT2D eigenvalue weighted by molar-refractivity contribution is 5.08. The summed E-state index contributed by atoms with van der Waals surface area (Å²) >= 11 is 0. The van der Waals surface area contributed by atoms with Crippen LogP contribution >= 0.6 is 0 Å². The van der Waals surface area contributed by atoms with E-state index in [2.05, 4.69) is 40.7 Å². The molecule has 3 aliphatic carbocycles. The largest absolute Gasteiger partial charge is 0.212 e. The van der Waals surface area contributed by atoms with Gasteiger partial charge in [0.1, 0.15) is 0 Å². The summed E-state index contributed by atoms with van der Waals surface area (Å²) in [6, 6.07) is 0. The van der Waals surface area contributed by atoms with Crippen molar-refractivity contribution in [1.82, 2.24) is 0 Å². The maximum Gasteiger partial charge on any atom is 0.0991 e. The van der Waals surface area contributed by atoms with E-state index in [1.807, 2.05) is 6.92 Å². The molecule has 1 saturated carbocycles. The minimum absolute atomic E-state index is 0. The van der Waals surface area contributed by atoms with Gasteiger partial charge in [-0.05, 0) is 75.2 Å². The van der Waals surface area contributed by atoms with Crippen molar-refractivity contribution in [3.8, 4) is 0 Å². The predicted molar refractivity (Wildman–Crippen MR) is 131 cm³/mol. The highest BCUT2D eigenvalue weighted by Crippen LogP contribution is 2.29. The van der Waals surface area contributed by atoms with Crippen LogP contribution in [0.1, 0.15) is 128 Å². The Morgan fingerprint density at radius 2 is 1.14 bits per heavy atom. The molecule has 170 valence electrons. The molecule has 0 bridgehead atoms. The monoisotopic (exact) mass is 398 g/mol. The first-order valence-corrected chi connectivity index (χ1v) is 10.8. The van der Waals surface area contributed by atoms with Gasteiger partial charge in [-0.1, -0.05) is 87.3 Å². The molecule has 0 aromatic rings. The molecule has 0 heterocycles. The van der Waals surface area contributed by atoms with Gasteiger partial charge in [0.25, 0.3) is 0 Å². The SMILES string of the molecule is C.C.C.CC1=C(F)CC(C)CC1.CC1=CCC(C)CC1.CC1CCC(C)CC1. The van der Waals surface area contributed by atoms with Crippen LogP contribution < -0.4 is 0 Å². The first-order chi connectivity index (χ1) is 11.8. The third-order valence-corrected chi connectivity index (χ3v) is 6.21. The lowest BCUT2D eigenvalue weighted by Crippen LogP contribution is -2.08. The summed E-state index contributed by atoms with van der Waals surface area (Å²) in [4.78, 5) is 0. The molecule has 0 nitrogen and oxygen atoms in total. The third kappa shape index (κ3) is 14.4. The average molecular weight is 399 g/mol. The number of hydrogen-bond acceptors (Lipinski definition) is 0. The number of rotatable bonds is 0. The van der Waals surface area contributed by atoms with Crippen LogP contribution in [0.3, 0.4) is 0 Å². The minimum atomic E-state index is 0. The standard InChI is InChI=1S/C8H13F.C8H16.C8H14.3CH4/c1-6-3-4-7(2)8(9)5-6;2*1-7-3-5-8(2)6-4-7;;;/h6H,3-5H2,1-2H3;7-8H,3-6H2,1-2H3;3,8H,4-6H2,1-2H3;3*1H4. The lowest BCUT2D eigenvalue weighted by atomic mass is 9.84. The molecule has 1 fully saturated rings. The highest BCUT2D eigenvalue weighted by Gasteiger charge is 2.14. The molecule has 3 aliphatic rings. The Hall–Kier alpha value is -0.590. The molecule has 0 N–H and O–H groups in total. The molecule has 0 radical (unpaired) electrons. The molecule has 2 atom stereocenters. The summed E-state index contributed by atoms with van der Waals surface area (Å²) < 4.78 is 12.7. The number of allylic oxidation sites excluding steroid dienone is 4. The van der Waals surface area contributed by atoms with Crippen LogP contribution in [0.15, 0.2) is 23.0 Å². The maximum atomic E-state index is 12.7. The lowest BCUT2D eigenvalue weighted by Gasteiger charge is -2.22. The average Bonchev–Trinajstić information content (AvgIpc) is 2.58. The fourth-order valence-corrected chi connectivity index (χ4v) is 3.70. The van der Waals surface area contributed by atoms with E-state index in [4.69, 9.17) is 0 Å². The predicted octanol–water partition coefficient (Wildman–Crippen LogP) is 10.5. The summed E-state index contributed by atoms with van der Waals surface area (Å²) in [7, 11) is 0. The van der Waals surface area contributed by atoms with Gasteiger partial charge in [-0.25, -0.2) is 4.39 Å². The molecule has 28 heavy (non-hydrogen) atoms. The van der Waals surface area contributed by atoms with Crippen LogP contribution in [-0.4, -0.2) is 0 Å². The van der Waals surface area contributed by atoms with Crippen LogP contribution in [0.5, 0.6) is 0 Å². The summed E-state index contributed by atoms with van der Waals surface area (Å²) in [6.45, 7) is 13.3. The van der Waals surface area contributed by atoms with E-state index >= 15 is 0 Å². The van der Waals surface area contributed by atoms with E-state index in [-0.39, 0.29) is 28.1 Å². The van der Waals surface area contributed by atoms with Crippen LogP contribution in [0.4, 0.5) is 4.39 Å². The van der Waals surface area contributed by atoms with E-state index in [0.717, 1.165) is 29.7 Å². The Kier molecular flexibility index (Phi) is 19.8. The van der Waals surface area contributed by atoms with E-state index in [0.29, 0.717) is 12.3 Å². The molecular formula is C27H55F. The molecule has 0 spiro atoms. The van der Waals surface area contributed by atoms with Crippen molar-refractivity contribution in [1.29, 1.82) is 0 Å². The molecular weight excluding hydrogens is 343 g/mol. The van der Waals surface area contributed by atoms with Crippen molar-refractivity contribution in [3.05, 3.63) is 23.0 Å².